The average Bonchev–Trinajstić information content (AvgIpc) is 2.58. The van der Waals surface area contributed by atoms with E-state index in [1.54, 1.807) is 0 Å². The Hall–Kier alpha value is -1.42. The maximum atomic E-state index is 14.0. The summed E-state index contributed by atoms with van der Waals surface area (Å²) < 4.78 is 15.1. The van der Waals surface area contributed by atoms with Gasteiger partial charge in [-0.2, -0.15) is 0 Å². The van der Waals surface area contributed by atoms with Crippen LogP contribution in [-0.4, -0.2) is 23.2 Å². The second-order valence-electron chi connectivity index (χ2n) is 6.69. The third-order valence-corrected chi connectivity index (χ3v) is 5.51. The topological polar surface area (TPSA) is 70.6 Å². The summed E-state index contributed by atoms with van der Waals surface area (Å²) >= 11 is 8.06. The molecule has 0 bridgehead atoms. The van der Waals surface area contributed by atoms with Gasteiger partial charge in [-0.3, -0.25) is 9.63 Å². The van der Waals surface area contributed by atoms with Gasteiger partial charge in [0.15, 0.2) is 0 Å². The number of hydroxylamine groups is 1. The van der Waals surface area contributed by atoms with Crippen molar-refractivity contribution in [3.05, 3.63) is 55.9 Å². The first kappa shape index (κ1) is 20.3. The van der Waals surface area contributed by atoms with Crippen molar-refractivity contribution in [1.82, 2.24) is 5.48 Å². The van der Waals surface area contributed by atoms with Crippen molar-refractivity contribution in [2.24, 2.45) is 0 Å². The largest absolute Gasteiger partial charge is 0.387 e. The first-order valence-corrected chi connectivity index (χ1v) is 9.90. The second kappa shape index (κ2) is 8.30. The summed E-state index contributed by atoms with van der Waals surface area (Å²) in [6.45, 7) is 1.92. The van der Waals surface area contributed by atoms with Crippen LogP contribution in [0.2, 0.25) is 5.02 Å². The molecule has 1 aliphatic carbocycles. The number of benzene rings is 2. The highest BCUT2D eigenvalue weighted by atomic mass is 127. The number of anilines is 2. The molecule has 1 aliphatic rings. The fraction of sp³-hybridized carbons (Fsp3) is 0.316. The minimum absolute atomic E-state index is 0.00661. The summed E-state index contributed by atoms with van der Waals surface area (Å²) in [6.07, 6.45) is 2.22. The molecule has 5 nitrogen and oxygen atoms in total. The summed E-state index contributed by atoms with van der Waals surface area (Å²) in [7, 11) is 0. The van der Waals surface area contributed by atoms with Gasteiger partial charge >= 0.3 is 0 Å². The van der Waals surface area contributed by atoms with Crippen LogP contribution in [-0.2, 0) is 4.84 Å². The molecule has 1 fully saturated rings. The molecule has 0 heterocycles. The molecule has 0 aromatic heterocycles. The van der Waals surface area contributed by atoms with Crippen molar-refractivity contribution < 1.29 is 19.1 Å². The molecule has 8 heteroatoms. The number of halogens is 3. The maximum Gasteiger partial charge on any atom is 0.277 e. The zero-order valence-corrected chi connectivity index (χ0v) is 17.5. The smallest absolute Gasteiger partial charge is 0.277 e. The Morgan fingerprint density at radius 3 is 2.70 bits per heavy atom. The summed E-state index contributed by atoms with van der Waals surface area (Å²) in [6, 6.07) is 8.15. The van der Waals surface area contributed by atoms with Gasteiger partial charge in [0.05, 0.1) is 21.9 Å². The molecule has 0 atom stereocenters. The fourth-order valence-corrected chi connectivity index (χ4v) is 3.58. The van der Waals surface area contributed by atoms with E-state index in [9.17, 15) is 14.3 Å². The summed E-state index contributed by atoms with van der Waals surface area (Å²) in [4.78, 5) is 17.7. The van der Waals surface area contributed by atoms with Gasteiger partial charge in [-0.05, 0) is 84.7 Å². The Morgan fingerprint density at radius 1 is 1.33 bits per heavy atom. The van der Waals surface area contributed by atoms with Gasteiger partial charge in [0.25, 0.3) is 5.91 Å². The molecule has 0 saturated heterocycles. The summed E-state index contributed by atoms with van der Waals surface area (Å²) in [5.74, 6) is -1.21. The van der Waals surface area contributed by atoms with Crippen LogP contribution in [0, 0.1) is 16.3 Å². The minimum atomic E-state index is -0.882. The molecule has 0 radical (unpaired) electrons. The van der Waals surface area contributed by atoms with Crippen molar-refractivity contribution in [2.45, 2.75) is 31.8 Å². The highest BCUT2D eigenvalue weighted by Crippen LogP contribution is 2.32. The third-order valence-electron chi connectivity index (χ3n) is 4.55. The van der Waals surface area contributed by atoms with E-state index in [1.165, 1.54) is 12.1 Å². The highest BCUT2D eigenvalue weighted by Gasteiger charge is 2.35. The lowest BCUT2D eigenvalue weighted by atomic mass is 9.81. The van der Waals surface area contributed by atoms with Crippen LogP contribution >= 0.6 is 34.2 Å². The Bertz CT molecular complexity index is 874. The molecule has 1 amide bonds. The van der Waals surface area contributed by atoms with Crippen LogP contribution in [0.15, 0.2) is 30.3 Å². The zero-order valence-electron chi connectivity index (χ0n) is 14.6. The lowest BCUT2D eigenvalue weighted by molar-refractivity contribution is -0.113. The summed E-state index contributed by atoms with van der Waals surface area (Å²) in [5, 5.41) is 12.9. The van der Waals surface area contributed by atoms with Crippen LogP contribution in [0.3, 0.4) is 0 Å². The van der Waals surface area contributed by atoms with E-state index in [4.69, 9.17) is 16.4 Å². The normalized spacial score (nSPS) is 15.1. The van der Waals surface area contributed by atoms with Crippen LogP contribution in [0.1, 0.15) is 35.2 Å². The number of rotatable bonds is 6. The van der Waals surface area contributed by atoms with E-state index in [0.29, 0.717) is 12.8 Å². The predicted octanol–water partition coefficient (Wildman–Crippen LogP) is 4.71. The van der Waals surface area contributed by atoms with Gasteiger partial charge in [0.2, 0.25) is 0 Å². The molecule has 144 valence electrons. The Balaban J connectivity index is 1.78. The van der Waals surface area contributed by atoms with Gasteiger partial charge in [0.1, 0.15) is 12.4 Å². The number of aryl methyl sites for hydroxylation is 1. The van der Waals surface area contributed by atoms with E-state index in [2.05, 4.69) is 33.4 Å². The fourth-order valence-electron chi connectivity index (χ4n) is 2.77. The molecular formula is C19H19ClFIN2O3. The Kier molecular flexibility index (Phi) is 6.25. The predicted molar refractivity (Wildman–Crippen MR) is 111 cm³/mol. The number of hydrogen-bond acceptors (Lipinski definition) is 4. The zero-order chi connectivity index (χ0) is 19.6. The van der Waals surface area contributed by atoms with Gasteiger partial charge in [0, 0.05) is 9.26 Å². The van der Waals surface area contributed by atoms with Crippen molar-refractivity contribution in [3.8, 4) is 0 Å². The van der Waals surface area contributed by atoms with Crippen molar-refractivity contribution in [1.29, 1.82) is 0 Å². The van der Waals surface area contributed by atoms with Gasteiger partial charge in [-0.15, -0.1) is 0 Å². The van der Waals surface area contributed by atoms with E-state index in [0.717, 1.165) is 21.2 Å². The molecule has 2 aromatic carbocycles. The van der Waals surface area contributed by atoms with Gasteiger partial charge in [-0.1, -0.05) is 11.6 Å². The van der Waals surface area contributed by atoms with Crippen LogP contribution < -0.4 is 10.8 Å². The van der Waals surface area contributed by atoms with Gasteiger partial charge < -0.3 is 10.4 Å². The van der Waals surface area contributed by atoms with Gasteiger partial charge in [-0.25, -0.2) is 9.87 Å². The van der Waals surface area contributed by atoms with E-state index < -0.39 is 17.3 Å². The number of nitrogens with one attached hydrogen (secondary N) is 2. The van der Waals surface area contributed by atoms with Crippen molar-refractivity contribution >= 4 is 51.5 Å². The average molecular weight is 505 g/mol. The first-order valence-electron chi connectivity index (χ1n) is 8.44. The van der Waals surface area contributed by atoms with Crippen LogP contribution in [0.25, 0.3) is 0 Å². The molecule has 27 heavy (non-hydrogen) atoms. The molecule has 0 unspecified atom stereocenters. The maximum absolute atomic E-state index is 14.0. The second-order valence-corrected chi connectivity index (χ2v) is 8.35. The molecule has 0 spiro atoms. The molecule has 3 N–H and O–H groups in total. The van der Waals surface area contributed by atoms with Crippen LogP contribution in [0.5, 0.6) is 0 Å². The number of carbonyl (C=O) groups excluding carboxylic acids is 1. The lowest BCUT2D eigenvalue weighted by Gasteiger charge is -2.35. The Labute approximate surface area is 175 Å². The number of carbonyl (C=O) groups is 1. The molecule has 1 saturated carbocycles. The first-order chi connectivity index (χ1) is 12.8. The summed E-state index contributed by atoms with van der Waals surface area (Å²) in [5.41, 5.74) is 3.52. The standard InChI is InChI=1S/C19H19ClFIN2O3/c1-11-7-12(22)3-4-16(11)23-17-9-15(21)14(20)8-13(17)18(25)24-27-10-19(26)5-2-6-19/h3-4,7-9,23,26H,2,5-6,10H2,1H3,(H,24,25). The SMILES string of the molecule is Cc1cc(I)ccc1Nc1cc(F)c(Cl)cc1C(=O)NOCC1(O)CCC1. The highest BCUT2D eigenvalue weighted by molar-refractivity contribution is 14.1. The van der Waals surface area contributed by atoms with Crippen molar-refractivity contribution in [2.75, 3.05) is 11.9 Å². The monoisotopic (exact) mass is 504 g/mol. The van der Waals surface area contributed by atoms with Crippen LogP contribution in [0.4, 0.5) is 15.8 Å². The number of hydrogen-bond donors (Lipinski definition) is 3. The molecular weight excluding hydrogens is 486 g/mol. The van der Waals surface area contributed by atoms with E-state index >= 15 is 0 Å². The van der Waals surface area contributed by atoms with E-state index in [-0.39, 0.29) is 22.9 Å². The molecule has 2 aromatic rings. The van der Waals surface area contributed by atoms with E-state index in [1.807, 2.05) is 25.1 Å². The quantitative estimate of drug-likeness (QED) is 0.394. The van der Waals surface area contributed by atoms with Crippen molar-refractivity contribution in [3.63, 3.8) is 0 Å². The number of aliphatic hydroxyl groups is 1. The third kappa shape index (κ3) is 4.90. The Morgan fingerprint density at radius 2 is 2.07 bits per heavy atom. The lowest BCUT2D eigenvalue weighted by Crippen LogP contribution is -2.44. The number of amides is 1. The molecule has 3 rings (SSSR count). The molecule has 0 aliphatic heterocycles. The minimum Gasteiger partial charge on any atom is -0.387 e.